The van der Waals surface area contributed by atoms with Crippen LogP contribution in [-0.4, -0.2) is 34.5 Å². The molecule has 0 aromatic rings. The van der Waals surface area contributed by atoms with Gasteiger partial charge in [0.2, 0.25) is 6.41 Å². The maximum absolute atomic E-state index is 11.4. The van der Waals surface area contributed by atoms with Gasteiger partial charge in [-0.25, -0.2) is 4.79 Å². The van der Waals surface area contributed by atoms with Crippen LogP contribution < -0.4 is 0 Å². The second-order valence-corrected chi connectivity index (χ2v) is 4.88. The Bertz CT molecular complexity index is 263. The smallest absolute Gasteiger partial charge is 0.329 e. The minimum Gasteiger partial charge on any atom is -0.480 e. The fraction of sp³-hybridized carbons (Fsp3) is 0.833. The van der Waals surface area contributed by atoms with Crippen LogP contribution in [0.5, 0.6) is 0 Å². The molecule has 16 heavy (non-hydrogen) atoms. The number of nitrogens with zero attached hydrogens (tertiary/aromatic N) is 1. The SMILES string of the molecule is CCCN(C=O)C(C)(CC1CCC1)C(=O)O. The molecule has 1 saturated carbocycles. The Kier molecular flexibility index (Phi) is 4.33. The van der Waals surface area contributed by atoms with E-state index in [1.54, 1.807) is 6.92 Å². The first-order valence-corrected chi connectivity index (χ1v) is 6.00. The highest BCUT2D eigenvalue weighted by Gasteiger charge is 2.41. The lowest BCUT2D eigenvalue weighted by molar-refractivity contribution is -0.155. The van der Waals surface area contributed by atoms with Crippen LogP contribution in [0.15, 0.2) is 0 Å². The van der Waals surface area contributed by atoms with E-state index in [4.69, 9.17) is 0 Å². The van der Waals surface area contributed by atoms with Gasteiger partial charge in [-0.3, -0.25) is 4.79 Å². The van der Waals surface area contributed by atoms with E-state index in [0.29, 0.717) is 25.3 Å². The van der Waals surface area contributed by atoms with Crippen molar-refractivity contribution in [3.63, 3.8) is 0 Å². The molecule has 4 heteroatoms. The quantitative estimate of drug-likeness (QED) is 0.676. The van der Waals surface area contributed by atoms with Gasteiger partial charge in [0, 0.05) is 6.54 Å². The largest absolute Gasteiger partial charge is 0.480 e. The zero-order valence-electron chi connectivity index (χ0n) is 10.1. The van der Waals surface area contributed by atoms with Gasteiger partial charge in [0.1, 0.15) is 5.54 Å². The van der Waals surface area contributed by atoms with Crippen molar-refractivity contribution in [1.82, 2.24) is 4.90 Å². The third-order valence-corrected chi connectivity index (χ3v) is 3.60. The van der Waals surface area contributed by atoms with Crippen LogP contribution in [-0.2, 0) is 9.59 Å². The Morgan fingerprint density at radius 1 is 1.56 bits per heavy atom. The number of carboxylic acids is 1. The zero-order valence-corrected chi connectivity index (χ0v) is 10.1. The monoisotopic (exact) mass is 227 g/mol. The molecule has 1 unspecified atom stereocenters. The summed E-state index contributed by atoms with van der Waals surface area (Å²) in [6.07, 6.45) is 5.43. The molecule has 1 aliphatic carbocycles. The van der Waals surface area contributed by atoms with Crippen molar-refractivity contribution in [3.05, 3.63) is 0 Å². The number of carbonyl (C=O) groups excluding carboxylic acids is 1. The molecule has 0 spiro atoms. The van der Waals surface area contributed by atoms with E-state index in [-0.39, 0.29) is 0 Å². The average molecular weight is 227 g/mol. The lowest BCUT2D eigenvalue weighted by Crippen LogP contribution is -2.53. The minimum absolute atomic E-state index is 0.473. The summed E-state index contributed by atoms with van der Waals surface area (Å²) in [5.74, 6) is -0.416. The highest BCUT2D eigenvalue weighted by Crippen LogP contribution is 2.36. The molecule has 92 valence electrons. The number of rotatable bonds is 7. The third-order valence-electron chi connectivity index (χ3n) is 3.60. The fourth-order valence-corrected chi connectivity index (χ4v) is 2.24. The molecule has 1 aliphatic rings. The number of amides is 1. The van der Waals surface area contributed by atoms with Gasteiger partial charge >= 0.3 is 5.97 Å². The molecule has 0 heterocycles. The minimum atomic E-state index is -1.02. The molecular weight excluding hydrogens is 206 g/mol. The number of carbonyl (C=O) groups is 2. The summed E-state index contributed by atoms with van der Waals surface area (Å²) in [7, 11) is 0. The zero-order chi connectivity index (χ0) is 12.2. The van der Waals surface area contributed by atoms with Crippen LogP contribution in [0.25, 0.3) is 0 Å². The Morgan fingerprint density at radius 2 is 2.19 bits per heavy atom. The fourth-order valence-electron chi connectivity index (χ4n) is 2.24. The van der Waals surface area contributed by atoms with E-state index in [9.17, 15) is 14.7 Å². The molecule has 0 aromatic carbocycles. The summed E-state index contributed by atoms with van der Waals surface area (Å²) in [5, 5.41) is 9.33. The van der Waals surface area contributed by atoms with Crippen LogP contribution in [0.1, 0.15) is 46.0 Å². The second-order valence-electron chi connectivity index (χ2n) is 4.88. The molecule has 1 rings (SSSR count). The van der Waals surface area contributed by atoms with Crippen molar-refractivity contribution in [2.45, 2.75) is 51.5 Å². The maximum Gasteiger partial charge on any atom is 0.329 e. The Balaban J connectivity index is 2.75. The molecule has 4 nitrogen and oxygen atoms in total. The average Bonchev–Trinajstić information content (AvgIpc) is 2.19. The molecule has 1 amide bonds. The van der Waals surface area contributed by atoms with E-state index in [1.165, 1.54) is 11.3 Å². The molecule has 1 fully saturated rings. The Labute approximate surface area is 96.6 Å². The van der Waals surface area contributed by atoms with Gasteiger partial charge in [0.15, 0.2) is 0 Å². The van der Waals surface area contributed by atoms with E-state index < -0.39 is 11.5 Å². The molecular formula is C12H21NO3. The van der Waals surface area contributed by atoms with Crippen LogP contribution in [0.2, 0.25) is 0 Å². The van der Waals surface area contributed by atoms with E-state index in [2.05, 4.69) is 0 Å². The molecule has 1 atom stereocenters. The van der Waals surface area contributed by atoms with Crippen LogP contribution >= 0.6 is 0 Å². The lowest BCUT2D eigenvalue weighted by Gasteiger charge is -2.40. The Morgan fingerprint density at radius 3 is 2.50 bits per heavy atom. The van der Waals surface area contributed by atoms with Crippen molar-refractivity contribution in [1.29, 1.82) is 0 Å². The molecule has 0 saturated heterocycles. The summed E-state index contributed by atoms with van der Waals surface area (Å²) in [6.45, 7) is 4.12. The van der Waals surface area contributed by atoms with E-state index in [1.807, 2.05) is 6.92 Å². The molecule has 0 aliphatic heterocycles. The van der Waals surface area contributed by atoms with Gasteiger partial charge in [-0.2, -0.15) is 0 Å². The normalized spacial score (nSPS) is 19.6. The summed E-state index contributed by atoms with van der Waals surface area (Å²) in [4.78, 5) is 23.8. The topological polar surface area (TPSA) is 57.6 Å². The van der Waals surface area contributed by atoms with Crippen molar-refractivity contribution in [3.8, 4) is 0 Å². The van der Waals surface area contributed by atoms with Gasteiger partial charge in [0.05, 0.1) is 0 Å². The first-order valence-electron chi connectivity index (χ1n) is 6.00. The van der Waals surface area contributed by atoms with Crippen molar-refractivity contribution in [2.75, 3.05) is 6.54 Å². The first kappa shape index (κ1) is 13.0. The summed E-state index contributed by atoms with van der Waals surface area (Å²) in [6, 6.07) is 0. The summed E-state index contributed by atoms with van der Waals surface area (Å²) in [5.41, 5.74) is -1.02. The van der Waals surface area contributed by atoms with Gasteiger partial charge < -0.3 is 10.0 Å². The van der Waals surface area contributed by atoms with Gasteiger partial charge in [-0.15, -0.1) is 0 Å². The number of aliphatic carboxylic acids is 1. The molecule has 0 bridgehead atoms. The highest BCUT2D eigenvalue weighted by atomic mass is 16.4. The predicted octanol–water partition coefficient (Wildman–Crippen LogP) is 1.89. The number of hydrogen-bond acceptors (Lipinski definition) is 2. The van der Waals surface area contributed by atoms with Crippen molar-refractivity contribution in [2.24, 2.45) is 5.92 Å². The standard InChI is InChI=1S/C12H21NO3/c1-3-7-13(9-14)12(2,11(15)16)8-10-5-4-6-10/h9-10H,3-8H2,1-2H3,(H,15,16). The third kappa shape index (κ3) is 2.54. The van der Waals surface area contributed by atoms with Gasteiger partial charge in [-0.05, 0) is 25.7 Å². The van der Waals surface area contributed by atoms with Crippen molar-refractivity contribution >= 4 is 12.4 Å². The van der Waals surface area contributed by atoms with Crippen molar-refractivity contribution < 1.29 is 14.7 Å². The van der Waals surface area contributed by atoms with Crippen LogP contribution in [0.4, 0.5) is 0 Å². The Hall–Kier alpha value is -1.06. The van der Waals surface area contributed by atoms with Crippen LogP contribution in [0.3, 0.4) is 0 Å². The van der Waals surface area contributed by atoms with Crippen LogP contribution in [0, 0.1) is 5.92 Å². The van der Waals surface area contributed by atoms with E-state index >= 15 is 0 Å². The summed E-state index contributed by atoms with van der Waals surface area (Å²) < 4.78 is 0. The highest BCUT2D eigenvalue weighted by molar-refractivity contribution is 5.81. The number of hydrogen-bond donors (Lipinski definition) is 1. The predicted molar refractivity (Wildman–Crippen MR) is 61.1 cm³/mol. The van der Waals surface area contributed by atoms with E-state index in [0.717, 1.165) is 19.3 Å². The maximum atomic E-state index is 11.4. The number of carboxylic acid groups (broad SMARTS) is 1. The first-order chi connectivity index (χ1) is 7.54. The van der Waals surface area contributed by atoms with Gasteiger partial charge in [0.25, 0.3) is 0 Å². The molecule has 1 N–H and O–H groups in total. The second kappa shape index (κ2) is 5.32. The lowest BCUT2D eigenvalue weighted by atomic mass is 9.76. The van der Waals surface area contributed by atoms with Gasteiger partial charge in [-0.1, -0.05) is 26.2 Å². The molecule has 0 aromatic heterocycles. The summed E-state index contributed by atoms with van der Waals surface area (Å²) >= 11 is 0. The molecule has 0 radical (unpaired) electrons.